The molecule has 0 aliphatic carbocycles. The van der Waals surface area contributed by atoms with Crippen LogP contribution in [-0.4, -0.2) is 40.6 Å². The minimum atomic E-state index is -2.73. The maximum atomic E-state index is 9.22. The number of aliphatic hydroxyl groups is 1. The summed E-state index contributed by atoms with van der Waals surface area (Å²) in [6, 6.07) is 21.4. The Labute approximate surface area is 222 Å². The Bertz CT molecular complexity index is 970. The lowest BCUT2D eigenvalue weighted by Crippen LogP contribution is -2.67. The molecule has 2 aromatic rings. The van der Waals surface area contributed by atoms with Crippen LogP contribution >= 0.6 is 0 Å². The van der Waals surface area contributed by atoms with Crippen LogP contribution in [0, 0.1) is 11.8 Å². The predicted molar refractivity (Wildman–Crippen MR) is 159 cm³/mol. The fraction of sp³-hybridized carbons (Fsp3) is 0.484. The first kappa shape index (κ1) is 30.3. The van der Waals surface area contributed by atoms with Gasteiger partial charge in [-0.25, -0.2) is 0 Å². The largest absolute Gasteiger partial charge is 0.413 e. The standard InChI is InChI=1S/C31H46O3Si2/c1-10-26(25-27(19-17-18-24-32)33-35(8,9)30(2,3)4)34-36(31(5,6)7,28-20-13-11-14-21-28)29-22-15-12-16-23-29/h10-16,20-23,26-27,32H,1,19,24-25H2,2-9H3/t26-,27-/m1/s1. The summed E-state index contributed by atoms with van der Waals surface area (Å²) in [4.78, 5) is 0. The van der Waals surface area contributed by atoms with E-state index in [2.05, 4.69) is 134 Å². The van der Waals surface area contributed by atoms with E-state index in [1.54, 1.807) is 0 Å². The van der Waals surface area contributed by atoms with Crippen LogP contribution in [0.5, 0.6) is 0 Å². The fourth-order valence-electron chi connectivity index (χ4n) is 4.38. The van der Waals surface area contributed by atoms with Crippen LogP contribution in [0.1, 0.15) is 54.4 Å². The third-order valence-corrected chi connectivity index (χ3v) is 16.9. The molecule has 3 nitrogen and oxygen atoms in total. The van der Waals surface area contributed by atoms with Gasteiger partial charge in [-0.05, 0) is 33.5 Å². The Hall–Kier alpha value is -1.95. The van der Waals surface area contributed by atoms with E-state index >= 15 is 0 Å². The monoisotopic (exact) mass is 522 g/mol. The summed E-state index contributed by atoms with van der Waals surface area (Å²) in [7, 11) is -4.76. The van der Waals surface area contributed by atoms with Gasteiger partial charge in [0.25, 0.3) is 8.32 Å². The average Bonchev–Trinajstić information content (AvgIpc) is 2.81. The zero-order valence-corrected chi connectivity index (χ0v) is 25.6. The van der Waals surface area contributed by atoms with E-state index in [0.717, 1.165) is 0 Å². The Morgan fingerprint density at radius 1 is 0.833 bits per heavy atom. The van der Waals surface area contributed by atoms with Gasteiger partial charge in [0.15, 0.2) is 8.32 Å². The van der Waals surface area contributed by atoms with Gasteiger partial charge in [0, 0.05) is 12.8 Å². The smallest absolute Gasteiger partial charge is 0.261 e. The summed E-state index contributed by atoms with van der Waals surface area (Å²) < 4.78 is 14.2. The minimum absolute atomic E-state index is 0.0815. The van der Waals surface area contributed by atoms with Crippen LogP contribution in [0.4, 0.5) is 0 Å². The number of aliphatic hydroxyl groups excluding tert-OH is 1. The van der Waals surface area contributed by atoms with Gasteiger partial charge < -0.3 is 14.0 Å². The molecule has 0 saturated carbocycles. The molecule has 1 N–H and O–H groups in total. The van der Waals surface area contributed by atoms with E-state index < -0.39 is 16.6 Å². The van der Waals surface area contributed by atoms with Crippen molar-refractivity contribution < 1.29 is 14.0 Å². The molecule has 0 aliphatic heterocycles. The molecular weight excluding hydrogens is 477 g/mol. The van der Waals surface area contributed by atoms with Crippen LogP contribution in [0.15, 0.2) is 73.3 Å². The summed E-state index contributed by atoms with van der Waals surface area (Å²) in [5.74, 6) is 5.92. The van der Waals surface area contributed by atoms with Crippen molar-refractivity contribution >= 4 is 27.0 Å². The van der Waals surface area contributed by atoms with Gasteiger partial charge in [-0.2, -0.15) is 0 Å². The highest BCUT2D eigenvalue weighted by atomic mass is 28.4. The second kappa shape index (κ2) is 12.5. The second-order valence-electron chi connectivity index (χ2n) is 12.0. The summed E-state index contributed by atoms with van der Waals surface area (Å²) in [6.07, 6.45) is 2.84. The van der Waals surface area contributed by atoms with Gasteiger partial charge in [-0.1, -0.05) is 120 Å². The van der Waals surface area contributed by atoms with Crippen molar-refractivity contribution in [2.45, 2.75) is 89.8 Å². The summed E-state index contributed by atoms with van der Waals surface area (Å²) in [5, 5.41) is 11.7. The van der Waals surface area contributed by atoms with Crippen LogP contribution < -0.4 is 10.4 Å². The molecule has 2 aromatic carbocycles. The van der Waals surface area contributed by atoms with Gasteiger partial charge in [-0.15, -0.1) is 6.58 Å². The Kier molecular flexibility index (Phi) is 10.5. The fourth-order valence-corrected chi connectivity index (χ4v) is 10.4. The Morgan fingerprint density at radius 2 is 1.33 bits per heavy atom. The van der Waals surface area contributed by atoms with Crippen molar-refractivity contribution in [2.75, 3.05) is 6.61 Å². The van der Waals surface area contributed by atoms with Crippen LogP contribution in [0.3, 0.4) is 0 Å². The summed E-state index contributed by atoms with van der Waals surface area (Å²) in [6.45, 7) is 22.2. The van der Waals surface area contributed by atoms with Crippen molar-refractivity contribution in [3.8, 4) is 11.8 Å². The van der Waals surface area contributed by atoms with E-state index in [4.69, 9.17) is 8.85 Å². The van der Waals surface area contributed by atoms with Crippen molar-refractivity contribution in [3.63, 3.8) is 0 Å². The van der Waals surface area contributed by atoms with Crippen molar-refractivity contribution in [1.82, 2.24) is 0 Å². The molecule has 0 radical (unpaired) electrons. The van der Waals surface area contributed by atoms with Crippen LogP contribution in [-0.2, 0) is 8.85 Å². The molecule has 0 saturated heterocycles. The number of rotatable bonds is 10. The van der Waals surface area contributed by atoms with Gasteiger partial charge >= 0.3 is 0 Å². The normalized spacial score (nSPS) is 14.5. The second-order valence-corrected chi connectivity index (χ2v) is 21.0. The van der Waals surface area contributed by atoms with Crippen LogP contribution in [0.2, 0.25) is 23.2 Å². The van der Waals surface area contributed by atoms with Crippen molar-refractivity contribution in [2.24, 2.45) is 0 Å². The summed E-state index contributed by atoms with van der Waals surface area (Å²) >= 11 is 0. The molecule has 0 amide bonds. The highest BCUT2D eigenvalue weighted by molar-refractivity contribution is 6.99. The first-order chi connectivity index (χ1) is 16.8. The number of hydrogen-bond acceptors (Lipinski definition) is 3. The van der Waals surface area contributed by atoms with E-state index in [1.807, 2.05) is 6.08 Å². The third kappa shape index (κ3) is 7.30. The van der Waals surface area contributed by atoms with Crippen molar-refractivity contribution in [1.29, 1.82) is 0 Å². The molecule has 2 atom stereocenters. The summed E-state index contributed by atoms with van der Waals surface area (Å²) in [5.41, 5.74) is 0. The number of benzene rings is 2. The molecule has 0 bridgehead atoms. The SMILES string of the molecule is C=C[C@H](C[C@@H](CC#CCO)O[Si](C)(C)C(C)(C)C)O[Si](c1ccccc1)(c1ccccc1)C(C)(C)C. The van der Waals surface area contributed by atoms with E-state index in [-0.39, 0.29) is 28.9 Å². The van der Waals surface area contributed by atoms with Gasteiger partial charge in [0.2, 0.25) is 0 Å². The van der Waals surface area contributed by atoms with E-state index in [0.29, 0.717) is 12.8 Å². The first-order valence-corrected chi connectivity index (χ1v) is 17.8. The molecule has 36 heavy (non-hydrogen) atoms. The third-order valence-electron chi connectivity index (χ3n) is 7.30. The van der Waals surface area contributed by atoms with Gasteiger partial charge in [0.05, 0.1) is 12.2 Å². The van der Waals surface area contributed by atoms with Gasteiger partial charge in [-0.3, -0.25) is 0 Å². The molecule has 0 spiro atoms. The molecule has 0 fully saturated rings. The predicted octanol–water partition coefficient (Wildman–Crippen LogP) is 6.28. The molecular formula is C31H46O3Si2. The lowest BCUT2D eigenvalue weighted by atomic mass is 10.1. The lowest BCUT2D eigenvalue weighted by Gasteiger charge is -2.45. The topological polar surface area (TPSA) is 38.7 Å². The molecule has 0 aromatic heterocycles. The first-order valence-electron chi connectivity index (χ1n) is 12.9. The molecule has 2 rings (SSSR count). The zero-order chi connectivity index (χ0) is 27.0. The maximum absolute atomic E-state index is 9.22. The average molecular weight is 523 g/mol. The minimum Gasteiger partial charge on any atom is -0.413 e. The molecule has 5 heteroatoms. The van der Waals surface area contributed by atoms with E-state index in [9.17, 15) is 5.11 Å². The molecule has 0 heterocycles. The highest BCUT2D eigenvalue weighted by Crippen LogP contribution is 2.40. The Balaban J connectivity index is 2.54. The number of hydrogen-bond donors (Lipinski definition) is 1. The van der Waals surface area contributed by atoms with Crippen LogP contribution in [0.25, 0.3) is 0 Å². The quantitative estimate of drug-likeness (QED) is 0.227. The van der Waals surface area contributed by atoms with Crippen molar-refractivity contribution in [3.05, 3.63) is 73.3 Å². The highest BCUT2D eigenvalue weighted by Gasteiger charge is 2.51. The maximum Gasteiger partial charge on any atom is 0.261 e. The lowest BCUT2D eigenvalue weighted by molar-refractivity contribution is 0.120. The zero-order valence-electron chi connectivity index (χ0n) is 23.6. The Morgan fingerprint density at radius 3 is 1.72 bits per heavy atom. The molecule has 196 valence electrons. The van der Waals surface area contributed by atoms with E-state index in [1.165, 1.54) is 10.4 Å². The van der Waals surface area contributed by atoms with Gasteiger partial charge in [0.1, 0.15) is 6.61 Å². The molecule has 0 unspecified atom stereocenters. The molecule has 0 aliphatic rings.